The number of hydrogen-bond donors (Lipinski definition) is 1. The number of aromatic nitrogens is 2. The fourth-order valence-electron chi connectivity index (χ4n) is 3.20. The van der Waals surface area contributed by atoms with E-state index >= 15 is 0 Å². The smallest absolute Gasteiger partial charge is 0.206 e. The summed E-state index contributed by atoms with van der Waals surface area (Å²) in [5, 5.41) is 11.8. The molecule has 2 N–H and O–H groups in total. The highest BCUT2D eigenvalue weighted by molar-refractivity contribution is 7.71. The molecule has 0 unspecified atom stereocenters. The highest BCUT2D eigenvalue weighted by Gasteiger charge is 2.17. The minimum Gasteiger partial charge on any atom is -0.384 e. The number of nitriles is 1. The van der Waals surface area contributed by atoms with Gasteiger partial charge in [0, 0.05) is 10.9 Å². The minimum absolute atomic E-state index is 0.296. The molecule has 4 aromatic rings. The Labute approximate surface area is 162 Å². The van der Waals surface area contributed by atoms with Crippen LogP contribution in [0.5, 0.6) is 0 Å². The molecule has 0 fully saturated rings. The molecule has 27 heavy (non-hydrogen) atoms. The van der Waals surface area contributed by atoms with E-state index in [9.17, 15) is 5.26 Å². The summed E-state index contributed by atoms with van der Waals surface area (Å²) < 4.78 is 1.99. The molecule has 5 heteroatoms. The standard InChI is InChI=1S/C22H16N4S/c1-14-9-11-16(12-10-14)20-18(13-23)21(24)26(22(27)25-20)19-8-4-6-15-5-2-3-7-17(15)19/h2-12H,24H2,1H3. The average molecular weight is 368 g/mol. The molecule has 0 aliphatic carbocycles. The van der Waals surface area contributed by atoms with Crippen LogP contribution >= 0.6 is 12.2 Å². The highest BCUT2D eigenvalue weighted by atomic mass is 32.1. The van der Waals surface area contributed by atoms with Crippen LogP contribution in [0.2, 0.25) is 0 Å². The molecule has 0 radical (unpaired) electrons. The van der Waals surface area contributed by atoms with Crippen LogP contribution in [-0.2, 0) is 0 Å². The van der Waals surface area contributed by atoms with E-state index in [4.69, 9.17) is 18.0 Å². The van der Waals surface area contributed by atoms with E-state index in [0.29, 0.717) is 21.8 Å². The van der Waals surface area contributed by atoms with Crippen molar-refractivity contribution in [1.82, 2.24) is 9.55 Å². The van der Waals surface area contributed by atoms with Crippen molar-refractivity contribution in [2.45, 2.75) is 6.92 Å². The third-order valence-corrected chi connectivity index (χ3v) is 4.85. The monoisotopic (exact) mass is 368 g/mol. The quantitative estimate of drug-likeness (QED) is 0.495. The van der Waals surface area contributed by atoms with Crippen molar-refractivity contribution < 1.29 is 0 Å². The summed E-state index contributed by atoms with van der Waals surface area (Å²) in [5.41, 5.74) is 10.0. The van der Waals surface area contributed by atoms with Gasteiger partial charge >= 0.3 is 0 Å². The molecule has 4 rings (SSSR count). The van der Waals surface area contributed by atoms with Gasteiger partial charge in [-0.2, -0.15) is 5.26 Å². The predicted molar refractivity (Wildman–Crippen MR) is 111 cm³/mol. The highest BCUT2D eigenvalue weighted by Crippen LogP contribution is 2.30. The number of benzene rings is 3. The van der Waals surface area contributed by atoms with E-state index in [-0.39, 0.29) is 0 Å². The summed E-state index contributed by atoms with van der Waals surface area (Å²) in [6.07, 6.45) is 0. The van der Waals surface area contributed by atoms with Crippen molar-refractivity contribution in [2.75, 3.05) is 5.73 Å². The minimum atomic E-state index is 0.296. The number of nitrogen functional groups attached to an aromatic ring is 1. The van der Waals surface area contributed by atoms with Gasteiger partial charge in [-0.1, -0.05) is 66.2 Å². The second-order valence-electron chi connectivity index (χ2n) is 6.31. The van der Waals surface area contributed by atoms with Crippen molar-refractivity contribution in [2.24, 2.45) is 0 Å². The summed E-state index contributed by atoms with van der Waals surface area (Å²) in [4.78, 5) is 4.56. The molecule has 0 saturated heterocycles. The topological polar surface area (TPSA) is 67.6 Å². The van der Waals surface area contributed by atoms with Crippen LogP contribution in [0.25, 0.3) is 27.7 Å². The van der Waals surface area contributed by atoms with Crippen LogP contribution in [0.1, 0.15) is 11.1 Å². The molecule has 0 atom stereocenters. The summed E-state index contributed by atoms with van der Waals surface area (Å²) in [6.45, 7) is 2.01. The maximum absolute atomic E-state index is 9.77. The second-order valence-corrected chi connectivity index (χ2v) is 6.68. The first kappa shape index (κ1) is 17.0. The Bertz CT molecular complexity index is 1260. The van der Waals surface area contributed by atoms with Crippen molar-refractivity contribution in [1.29, 1.82) is 5.26 Å². The number of rotatable bonds is 2. The van der Waals surface area contributed by atoms with Crippen LogP contribution in [0.4, 0.5) is 5.82 Å². The number of hydrogen-bond acceptors (Lipinski definition) is 4. The first-order valence-electron chi connectivity index (χ1n) is 8.48. The Kier molecular flexibility index (Phi) is 4.19. The van der Waals surface area contributed by atoms with Crippen molar-refractivity contribution in [3.63, 3.8) is 0 Å². The van der Waals surface area contributed by atoms with E-state index in [0.717, 1.165) is 27.6 Å². The molecule has 0 amide bonds. The Hall–Kier alpha value is -3.49. The normalized spacial score (nSPS) is 10.7. The van der Waals surface area contributed by atoms with Gasteiger partial charge in [-0.05, 0) is 30.6 Å². The molecule has 130 valence electrons. The number of fused-ring (bicyclic) bond motifs is 1. The Morgan fingerprint density at radius 2 is 1.70 bits per heavy atom. The zero-order valence-electron chi connectivity index (χ0n) is 14.7. The number of aryl methyl sites for hydroxylation is 1. The molecule has 1 aromatic heterocycles. The lowest BCUT2D eigenvalue weighted by atomic mass is 10.0. The van der Waals surface area contributed by atoms with E-state index < -0.39 is 0 Å². The lowest BCUT2D eigenvalue weighted by Gasteiger charge is -2.16. The van der Waals surface area contributed by atoms with Gasteiger partial charge in [0.05, 0.1) is 11.4 Å². The van der Waals surface area contributed by atoms with Gasteiger partial charge in [0.25, 0.3) is 0 Å². The Morgan fingerprint density at radius 3 is 2.44 bits per heavy atom. The van der Waals surface area contributed by atoms with Crippen molar-refractivity contribution in [3.05, 3.63) is 82.6 Å². The summed E-state index contributed by atoms with van der Waals surface area (Å²) in [6, 6.07) is 23.9. The lowest BCUT2D eigenvalue weighted by Crippen LogP contribution is -2.11. The fraction of sp³-hybridized carbons (Fsp3) is 0.0455. The van der Waals surface area contributed by atoms with Gasteiger partial charge in [0.2, 0.25) is 4.77 Å². The molecule has 0 saturated carbocycles. The van der Waals surface area contributed by atoms with Gasteiger partial charge < -0.3 is 5.73 Å². The number of anilines is 1. The van der Waals surface area contributed by atoms with E-state index in [1.54, 1.807) is 4.57 Å². The van der Waals surface area contributed by atoms with E-state index in [1.807, 2.05) is 73.7 Å². The molecular weight excluding hydrogens is 352 g/mol. The first-order valence-corrected chi connectivity index (χ1v) is 8.89. The van der Waals surface area contributed by atoms with Crippen LogP contribution in [0.3, 0.4) is 0 Å². The fourth-order valence-corrected chi connectivity index (χ4v) is 3.49. The first-order chi connectivity index (χ1) is 13.1. The Balaban J connectivity index is 2.03. The van der Waals surface area contributed by atoms with Crippen LogP contribution in [-0.4, -0.2) is 9.55 Å². The molecule has 0 bridgehead atoms. The third kappa shape index (κ3) is 2.86. The van der Waals surface area contributed by atoms with E-state index in [1.165, 1.54) is 0 Å². The SMILES string of the molecule is Cc1ccc(-c2nc(=S)n(-c3cccc4ccccc34)c(N)c2C#N)cc1. The molecule has 0 aliphatic rings. The zero-order valence-corrected chi connectivity index (χ0v) is 15.5. The molecule has 0 aliphatic heterocycles. The largest absolute Gasteiger partial charge is 0.384 e. The summed E-state index contributed by atoms with van der Waals surface area (Å²) in [5.74, 6) is 0.296. The van der Waals surface area contributed by atoms with Gasteiger partial charge in [0.1, 0.15) is 17.5 Å². The molecule has 1 heterocycles. The second kappa shape index (κ2) is 6.67. The average Bonchev–Trinajstić information content (AvgIpc) is 2.68. The van der Waals surface area contributed by atoms with E-state index in [2.05, 4.69) is 11.1 Å². The third-order valence-electron chi connectivity index (χ3n) is 4.58. The molecule has 4 nitrogen and oxygen atoms in total. The summed E-state index contributed by atoms with van der Waals surface area (Å²) >= 11 is 5.57. The van der Waals surface area contributed by atoms with Crippen LogP contribution in [0, 0.1) is 23.0 Å². The van der Waals surface area contributed by atoms with Gasteiger partial charge in [-0.15, -0.1) is 0 Å². The molecular formula is C22H16N4S. The maximum Gasteiger partial charge on any atom is 0.206 e. The van der Waals surface area contributed by atoms with Crippen LogP contribution in [0.15, 0.2) is 66.7 Å². The van der Waals surface area contributed by atoms with Gasteiger partial charge in [-0.3, -0.25) is 4.57 Å². The van der Waals surface area contributed by atoms with Crippen molar-refractivity contribution in [3.8, 4) is 23.0 Å². The van der Waals surface area contributed by atoms with Gasteiger partial charge in [-0.25, -0.2) is 4.98 Å². The molecule has 0 spiro atoms. The summed E-state index contributed by atoms with van der Waals surface area (Å²) in [7, 11) is 0. The predicted octanol–water partition coefficient (Wildman–Crippen LogP) is 5.18. The van der Waals surface area contributed by atoms with Gasteiger partial charge in [0.15, 0.2) is 0 Å². The van der Waals surface area contributed by atoms with Crippen LogP contribution < -0.4 is 5.73 Å². The Morgan fingerprint density at radius 1 is 1.00 bits per heavy atom. The number of nitrogens with zero attached hydrogens (tertiary/aromatic N) is 3. The number of nitrogens with two attached hydrogens (primary N) is 1. The zero-order chi connectivity index (χ0) is 19.0. The molecule has 3 aromatic carbocycles. The lowest BCUT2D eigenvalue weighted by molar-refractivity contribution is 0.975. The maximum atomic E-state index is 9.77. The van der Waals surface area contributed by atoms with Crippen molar-refractivity contribution >= 4 is 28.8 Å².